The number of nitrogen functional groups attached to an aromatic ring is 1. The van der Waals surface area contributed by atoms with Gasteiger partial charge in [0.15, 0.2) is 0 Å². The second-order valence-corrected chi connectivity index (χ2v) is 7.88. The Hall–Kier alpha value is -3.41. The van der Waals surface area contributed by atoms with E-state index >= 15 is 0 Å². The number of carbonyl (C=O) groups is 1. The van der Waals surface area contributed by atoms with E-state index in [9.17, 15) is 9.59 Å². The van der Waals surface area contributed by atoms with Gasteiger partial charge in [-0.05, 0) is 41.5 Å². The summed E-state index contributed by atoms with van der Waals surface area (Å²) < 4.78 is 1.36. The molecule has 1 amide bonds. The van der Waals surface area contributed by atoms with Gasteiger partial charge >= 0.3 is 0 Å². The van der Waals surface area contributed by atoms with E-state index in [2.05, 4.69) is 59.7 Å². The molecule has 0 unspecified atom stereocenters. The molecule has 0 saturated carbocycles. The first kappa shape index (κ1) is 22.3. The second-order valence-electron chi connectivity index (χ2n) is 7.88. The van der Waals surface area contributed by atoms with Gasteiger partial charge in [0.2, 0.25) is 11.9 Å². The Morgan fingerprint density at radius 2 is 1.84 bits per heavy atom. The van der Waals surface area contributed by atoms with E-state index in [1.165, 1.54) is 22.6 Å². The number of carbonyl (C=O) groups excluding carboxylic acids is 1. The molecule has 6 heteroatoms. The maximum Gasteiger partial charge on any atom is 0.254 e. The van der Waals surface area contributed by atoms with Crippen LogP contribution in [0.5, 0.6) is 0 Å². The summed E-state index contributed by atoms with van der Waals surface area (Å²) in [5, 5.41) is 2.84. The van der Waals surface area contributed by atoms with Crippen LogP contribution in [0.25, 0.3) is 11.1 Å². The van der Waals surface area contributed by atoms with E-state index in [0.29, 0.717) is 6.54 Å². The van der Waals surface area contributed by atoms with Crippen molar-refractivity contribution in [2.24, 2.45) is 7.05 Å². The quantitative estimate of drug-likeness (QED) is 0.586. The van der Waals surface area contributed by atoms with Crippen LogP contribution in [0.3, 0.4) is 0 Å². The van der Waals surface area contributed by atoms with Crippen molar-refractivity contribution < 1.29 is 4.79 Å². The molecule has 0 radical (unpaired) electrons. The number of hydrogen-bond donors (Lipinski definition) is 2. The van der Waals surface area contributed by atoms with Gasteiger partial charge < -0.3 is 11.1 Å². The highest BCUT2D eigenvalue weighted by molar-refractivity contribution is 5.72. The largest absolute Gasteiger partial charge is 0.369 e. The number of benzene rings is 2. The molecule has 3 rings (SSSR count). The fraction of sp³-hybridized carbons (Fsp3) is 0.320. The molecule has 1 heterocycles. The third-order valence-electron chi connectivity index (χ3n) is 5.58. The van der Waals surface area contributed by atoms with Gasteiger partial charge in [-0.15, -0.1) is 0 Å². The van der Waals surface area contributed by atoms with Crippen LogP contribution in [0.4, 0.5) is 5.95 Å². The van der Waals surface area contributed by atoms with Gasteiger partial charge in [-0.2, -0.15) is 0 Å². The summed E-state index contributed by atoms with van der Waals surface area (Å²) in [5.41, 5.74) is 11.2. The maximum absolute atomic E-state index is 12.1. The molecule has 0 saturated heterocycles. The second kappa shape index (κ2) is 10.1. The molecule has 1 atom stereocenters. The predicted molar refractivity (Wildman–Crippen MR) is 125 cm³/mol. The zero-order valence-electron chi connectivity index (χ0n) is 18.4. The van der Waals surface area contributed by atoms with Gasteiger partial charge in [-0.3, -0.25) is 14.2 Å². The summed E-state index contributed by atoms with van der Waals surface area (Å²) in [5.74, 6) is 0.375. The molecule has 0 fully saturated rings. The van der Waals surface area contributed by atoms with Crippen molar-refractivity contribution >= 4 is 11.9 Å². The third kappa shape index (κ3) is 5.81. The lowest BCUT2D eigenvalue weighted by Crippen LogP contribution is -2.23. The number of nitrogens with two attached hydrogens (primary N) is 1. The van der Waals surface area contributed by atoms with E-state index in [0.717, 1.165) is 36.1 Å². The fourth-order valence-corrected chi connectivity index (χ4v) is 3.65. The Bertz CT molecular complexity index is 1100. The monoisotopic (exact) mass is 418 g/mol. The lowest BCUT2D eigenvalue weighted by atomic mass is 9.92. The van der Waals surface area contributed by atoms with E-state index in [-0.39, 0.29) is 23.3 Å². The average molecular weight is 419 g/mol. The SMILES string of the molecule is CC[C@@H](Cc1ccc(-c2cccc(CCNC(C)=O)c2)cc1)c1cc(=O)n(C)c(N)n1. The predicted octanol–water partition coefficient (Wildman–Crippen LogP) is 3.44. The van der Waals surface area contributed by atoms with Crippen LogP contribution in [-0.2, 0) is 24.7 Å². The molecule has 0 aliphatic rings. The molecule has 3 aromatic rings. The fourth-order valence-electron chi connectivity index (χ4n) is 3.65. The molecule has 3 N–H and O–H groups in total. The van der Waals surface area contributed by atoms with Gasteiger partial charge in [0, 0.05) is 32.5 Å². The lowest BCUT2D eigenvalue weighted by Gasteiger charge is -2.16. The minimum atomic E-state index is -0.130. The van der Waals surface area contributed by atoms with E-state index in [1.54, 1.807) is 13.1 Å². The minimum Gasteiger partial charge on any atom is -0.369 e. The highest BCUT2D eigenvalue weighted by Gasteiger charge is 2.15. The summed E-state index contributed by atoms with van der Waals surface area (Å²) in [6.45, 7) is 4.27. The minimum absolute atomic E-state index is 0.00844. The van der Waals surface area contributed by atoms with Crippen molar-refractivity contribution in [1.82, 2.24) is 14.9 Å². The Balaban J connectivity index is 1.72. The first-order chi connectivity index (χ1) is 14.9. The number of nitrogens with zero attached hydrogens (tertiary/aromatic N) is 2. The normalized spacial score (nSPS) is 11.8. The van der Waals surface area contributed by atoms with Gasteiger partial charge in [0.25, 0.3) is 5.56 Å². The summed E-state index contributed by atoms with van der Waals surface area (Å²) in [4.78, 5) is 27.6. The van der Waals surface area contributed by atoms with Crippen molar-refractivity contribution in [3.63, 3.8) is 0 Å². The van der Waals surface area contributed by atoms with Crippen molar-refractivity contribution in [3.8, 4) is 11.1 Å². The van der Waals surface area contributed by atoms with Gasteiger partial charge in [0.05, 0.1) is 5.69 Å². The zero-order valence-corrected chi connectivity index (χ0v) is 18.4. The zero-order chi connectivity index (χ0) is 22.4. The molecular weight excluding hydrogens is 388 g/mol. The van der Waals surface area contributed by atoms with Crippen LogP contribution in [0.2, 0.25) is 0 Å². The average Bonchev–Trinajstić information content (AvgIpc) is 2.76. The van der Waals surface area contributed by atoms with Crippen molar-refractivity contribution in [2.45, 2.75) is 39.0 Å². The number of aromatic nitrogens is 2. The van der Waals surface area contributed by atoms with Crippen molar-refractivity contribution in [2.75, 3.05) is 12.3 Å². The van der Waals surface area contributed by atoms with Crippen LogP contribution in [-0.4, -0.2) is 22.0 Å². The lowest BCUT2D eigenvalue weighted by molar-refractivity contribution is -0.118. The van der Waals surface area contributed by atoms with E-state index < -0.39 is 0 Å². The van der Waals surface area contributed by atoms with Crippen molar-refractivity contribution in [1.29, 1.82) is 0 Å². The molecule has 0 aliphatic heterocycles. The number of rotatable bonds is 8. The van der Waals surface area contributed by atoms with Crippen LogP contribution in [0.15, 0.2) is 59.4 Å². The maximum atomic E-state index is 12.1. The van der Waals surface area contributed by atoms with E-state index in [1.807, 2.05) is 6.07 Å². The molecule has 0 spiro atoms. The van der Waals surface area contributed by atoms with Gasteiger partial charge in [0.1, 0.15) is 0 Å². The highest BCUT2D eigenvalue weighted by atomic mass is 16.1. The Kier molecular flexibility index (Phi) is 7.23. The van der Waals surface area contributed by atoms with Gasteiger partial charge in [-0.25, -0.2) is 4.98 Å². The number of anilines is 1. The highest BCUT2D eigenvalue weighted by Crippen LogP contribution is 2.25. The summed E-state index contributed by atoms with van der Waals surface area (Å²) >= 11 is 0. The van der Waals surface area contributed by atoms with Crippen LogP contribution in [0.1, 0.15) is 43.0 Å². The Morgan fingerprint density at radius 1 is 1.10 bits per heavy atom. The van der Waals surface area contributed by atoms with Crippen LogP contribution >= 0.6 is 0 Å². The standard InChI is InChI=1S/C25H30N4O2/c1-4-20(23-16-24(31)29(3)25(26)28-23)14-19-8-10-21(11-9-19)22-7-5-6-18(15-22)12-13-27-17(2)30/h5-11,15-16,20H,4,12-14H2,1-3H3,(H2,26,28)(H,27,30)/t20-/m0/s1. The number of nitrogens with one attached hydrogen (secondary N) is 1. The molecule has 2 aromatic carbocycles. The molecule has 1 aromatic heterocycles. The first-order valence-electron chi connectivity index (χ1n) is 10.6. The number of amides is 1. The summed E-state index contributed by atoms with van der Waals surface area (Å²) in [6.07, 6.45) is 2.47. The molecule has 31 heavy (non-hydrogen) atoms. The molecular formula is C25H30N4O2. The smallest absolute Gasteiger partial charge is 0.254 e. The Morgan fingerprint density at radius 3 is 2.48 bits per heavy atom. The summed E-state index contributed by atoms with van der Waals surface area (Å²) in [6, 6.07) is 18.5. The van der Waals surface area contributed by atoms with Gasteiger partial charge in [-0.1, -0.05) is 55.5 Å². The summed E-state index contributed by atoms with van der Waals surface area (Å²) in [7, 11) is 1.63. The molecule has 6 nitrogen and oxygen atoms in total. The van der Waals surface area contributed by atoms with Crippen LogP contribution < -0.4 is 16.6 Å². The molecule has 0 aliphatic carbocycles. The molecule has 162 valence electrons. The Labute approximate surface area is 183 Å². The van der Waals surface area contributed by atoms with E-state index in [4.69, 9.17) is 5.73 Å². The van der Waals surface area contributed by atoms with Crippen LogP contribution in [0, 0.1) is 0 Å². The molecule has 0 bridgehead atoms. The number of hydrogen-bond acceptors (Lipinski definition) is 4. The third-order valence-corrected chi connectivity index (χ3v) is 5.58. The first-order valence-corrected chi connectivity index (χ1v) is 10.6. The van der Waals surface area contributed by atoms with Crippen molar-refractivity contribution in [3.05, 3.63) is 81.8 Å². The topological polar surface area (TPSA) is 90.0 Å².